The summed E-state index contributed by atoms with van der Waals surface area (Å²) < 4.78 is 0. The topological polar surface area (TPSA) is 80.4 Å². The van der Waals surface area contributed by atoms with E-state index in [0.717, 1.165) is 16.3 Å². The standard InChI is InChI=1S/C16H14N4OS/c17-16-19-13(10-22-16)8-15(21)20-18-9-12-6-3-5-11-4-1-2-7-14(11)12/h1-7,9-10H,8H2,(H2,17,19)(H,20,21)/b18-9+. The quantitative estimate of drug-likeness (QED) is 0.574. The van der Waals surface area contributed by atoms with Gasteiger partial charge in [0.15, 0.2) is 5.13 Å². The Kier molecular flexibility index (Phi) is 4.11. The summed E-state index contributed by atoms with van der Waals surface area (Å²) in [5.74, 6) is -0.221. The number of nitrogen functional groups attached to an aromatic ring is 1. The van der Waals surface area contributed by atoms with Crippen molar-refractivity contribution in [3.05, 3.63) is 59.1 Å². The number of hydrogen-bond acceptors (Lipinski definition) is 5. The molecule has 0 bridgehead atoms. The smallest absolute Gasteiger partial charge is 0.246 e. The molecule has 0 fully saturated rings. The van der Waals surface area contributed by atoms with E-state index in [0.29, 0.717) is 10.8 Å². The van der Waals surface area contributed by atoms with Crippen LogP contribution < -0.4 is 11.2 Å². The fraction of sp³-hybridized carbons (Fsp3) is 0.0625. The van der Waals surface area contributed by atoms with Crippen LogP contribution >= 0.6 is 11.3 Å². The summed E-state index contributed by atoms with van der Waals surface area (Å²) in [4.78, 5) is 15.8. The molecule has 1 heterocycles. The van der Waals surface area contributed by atoms with Crippen molar-refractivity contribution in [2.24, 2.45) is 5.10 Å². The van der Waals surface area contributed by atoms with Crippen LogP contribution in [0, 0.1) is 0 Å². The Labute approximate surface area is 131 Å². The number of amides is 1. The lowest BCUT2D eigenvalue weighted by Crippen LogP contribution is -2.19. The second-order valence-electron chi connectivity index (χ2n) is 4.72. The van der Waals surface area contributed by atoms with Crippen LogP contribution in [0.25, 0.3) is 10.8 Å². The number of nitrogens with zero attached hydrogens (tertiary/aromatic N) is 2. The summed E-state index contributed by atoms with van der Waals surface area (Å²) in [6, 6.07) is 14.0. The first-order chi connectivity index (χ1) is 10.7. The lowest BCUT2D eigenvalue weighted by atomic mass is 10.1. The van der Waals surface area contributed by atoms with E-state index in [1.165, 1.54) is 11.3 Å². The fourth-order valence-corrected chi connectivity index (χ4v) is 2.71. The normalized spacial score (nSPS) is 11.1. The molecule has 1 aromatic heterocycles. The van der Waals surface area contributed by atoms with E-state index in [1.54, 1.807) is 11.6 Å². The molecule has 1 amide bonds. The first-order valence-electron chi connectivity index (χ1n) is 6.72. The van der Waals surface area contributed by atoms with Crippen LogP contribution in [0.4, 0.5) is 5.13 Å². The van der Waals surface area contributed by atoms with Gasteiger partial charge in [-0.15, -0.1) is 11.3 Å². The Balaban J connectivity index is 1.67. The molecule has 0 saturated heterocycles. The third-order valence-electron chi connectivity index (χ3n) is 3.13. The van der Waals surface area contributed by atoms with E-state index in [9.17, 15) is 4.79 Å². The molecular formula is C16H14N4OS. The lowest BCUT2D eigenvalue weighted by Gasteiger charge is -2.01. The van der Waals surface area contributed by atoms with Gasteiger partial charge in [-0.25, -0.2) is 10.4 Å². The Morgan fingerprint density at radius 1 is 1.27 bits per heavy atom. The van der Waals surface area contributed by atoms with Gasteiger partial charge in [-0.2, -0.15) is 5.10 Å². The molecule has 0 spiro atoms. The summed E-state index contributed by atoms with van der Waals surface area (Å²) in [5.41, 5.74) is 9.65. The molecule has 0 atom stereocenters. The molecule has 0 unspecified atom stereocenters. The maximum atomic E-state index is 11.8. The molecule has 22 heavy (non-hydrogen) atoms. The number of carbonyl (C=O) groups is 1. The summed E-state index contributed by atoms with van der Waals surface area (Å²) in [7, 11) is 0. The summed E-state index contributed by atoms with van der Waals surface area (Å²) in [6.07, 6.45) is 1.82. The van der Waals surface area contributed by atoms with Gasteiger partial charge in [0, 0.05) is 10.9 Å². The van der Waals surface area contributed by atoms with Crippen molar-refractivity contribution in [1.29, 1.82) is 0 Å². The first-order valence-corrected chi connectivity index (χ1v) is 7.60. The average molecular weight is 310 g/mol. The van der Waals surface area contributed by atoms with Crippen LogP contribution in [-0.4, -0.2) is 17.1 Å². The molecule has 0 saturated carbocycles. The van der Waals surface area contributed by atoms with Crippen molar-refractivity contribution < 1.29 is 4.79 Å². The third-order valence-corrected chi connectivity index (χ3v) is 3.85. The molecule has 2 aromatic carbocycles. The predicted octanol–water partition coefficient (Wildman–Crippen LogP) is 2.57. The van der Waals surface area contributed by atoms with Gasteiger partial charge in [0.2, 0.25) is 5.91 Å². The fourth-order valence-electron chi connectivity index (χ4n) is 2.14. The van der Waals surface area contributed by atoms with Gasteiger partial charge < -0.3 is 5.73 Å². The maximum Gasteiger partial charge on any atom is 0.246 e. The first kappa shape index (κ1) is 14.2. The van der Waals surface area contributed by atoms with Gasteiger partial charge in [0.05, 0.1) is 18.3 Å². The molecule has 0 aliphatic heterocycles. The van der Waals surface area contributed by atoms with Crippen LogP contribution in [0.1, 0.15) is 11.3 Å². The number of hydrazone groups is 1. The average Bonchev–Trinajstić information content (AvgIpc) is 2.92. The lowest BCUT2D eigenvalue weighted by molar-refractivity contribution is -0.120. The highest BCUT2D eigenvalue weighted by molar-refractivity contribution is 7.13. The zero-order valence-corrected chi connectivity index (χ0v) is 12.5. The molecule has 6 heteroatoms. The van der Waals surface area contributed by atoms with E-state index in [-0.39, 0.29) is 12.3 Å². The Hall–Kier alpha value is -2.73. The van der Waals surface area contributed by atoms with Crippen LogP contribution in [0.15, 0.2) is 52.9 Å². The molecule has 3 N–H and O–H groups in total. The van der Waals surface area contributed by atoms with Gasteiger partial charge in [-0.1, -0.05) is 42.5 Å². The molecule has 3 aromatic rings. The summed E-state index contributed by atoms with van der Waals surface area (Å²) in [6.45, 7) is 0. The zero-order chi connectivity index (χ0) is 15.4. The van der Waals surface area contributed by atoms with Crippen molar-refractivity contribution in [3.63, 3.8) is 0 Å². The largest absolute Gasteiger partial charge is 0.375 e. The zero-order valence-electron chi connectivity index (χ0n) is 11.7. The number of hydrogen-bond donors (Lipinski definition) is 2. The number of benzene rings is 2. The second kappa shape index (κ2) is 6.36. The minimum absolute atomic E-state index is 0.167. The van der Waals surface area contributed by atoms with Crippen molar-refractivity contribution in [2.75, 3.05) is 5.73 Å². The van der Waals surface area contributed by atoms with Crippen molar-refractivity contribution >= 4 is 39.4 Å². The SMILES string of the molecule is Nc1nc(CC(=O)N/N=C/c2cccc3ccccc23)cs1. The maximum absolute atomic E-state index is 11.8. The minimum atomic E-state index is -0.221. The van der Waals surface area contributed by atoms with Crippen LogP contribution in [0.5, 0.6) is 0 Å². The Bertz CT molecular complexity index is 836. The highest BCUT2D eigenvalue weighted by Crippen LogP contribution is 2.16. The number of nitrogens with two attached hydrogens (primary N) is 1. The number of carbonyl (C=O) groups excluding carboxylic acids is 1. The highest BCUT2D eigenvalue weighted by atomic mass is 32.1. The van der Waals surface area contributed by atoms with Gasteiger partial charge in [0.25, 0.3) is 0 Å². The number of nitrogens with one attached hydrogen (secondary N) is 1. The van der Waals surface area contributed by atoms with Crippen LogP contribution in [-0.2, 0) is 11.2 Å². The van der Waals surface area contributed by atoms with Gasteiger partial charge in [-0.3, -0.25) is 4.79 Å². The van der Waals surface area contributed by atoms with Crippen molar-refractivity contribution in [3.8, 4) is 0 Å². The van der Waals surface area contributed by atoms with E-state index < -0.39 is 0 Å². The number of aromatic nitrogens is 1. The minimum Gasteiger partial charge on any atom is -0.375 e. The molecular weight excluding hydrogens is 296 g/mol. The van der Waals surface area contributed by atoms with Crippen molar-refractivity contribution in [1.82, 2.24) is 10.4 Å². The number of fused-ring (bicyclic) bond motifs is 1. The Morgan fingerprint density at radius 2 is 2.09 bits per heavy atom. The molecule has 5 nitrogen and oxygen atoms in total. The highest BCUT2D eigenvalue weighted by Gasteiger charge is 2.05. The Morgan fingerprint density at radius 3 is 2.91 bits per heavy atom. The van der Waals surface area contributed by atoms with E-state index in [2.05, 4.69) is 15.5 Å². The van der Waals surface area contributed by atoms with Crippen LogP contribution in [0.3, 0.4) is 0 Å². The monoisotopic (exact) mass is 310 g/mol. The van der Waals surface area contributed by atoms with Gasteiger partial charge in [-0.05, 0) is 10.8 Å². The molecule has 0 radical (unpaired) electrons. The van der Waals surface area contributed by atoms with Crippen molar-refractivity contribution in [2.45, 2.75) is 6.42 Å². The van der Waals surface area contributed by atoms with Gasteiger partial charge >= 0.3 is 0 Å². The summed E-state index contributed by atoms with van der Waals surface area (Å²) in [5, 5.41) is 8.47. The van der Waals surface area contributed by atoms with E-state index in [1.807, 2.05) is 42.5 Å². The van der Waals surface area contributed by atoms with Gasteiger partial charge in [0.1, 0.15) is 0 Å². The molecule has 0 aliphatic carbocycles. The molecule has 3 rings (SSSR count). The third kappa shape index (κ3) is 3.29. The number of rotatable bonds is 4. The molecule has 0 aliphatic rings. The number of anilines is 1. The summed E-state index contributed by atoms with van der Waals surface area (Å²) >= 11 is 1.32. The number of thiazole rings is 1. The molecule has 110 valence electrons. The second-order valence-corrected chi connectivity index (χ2v) is 5.61. The van der Waals surface area contributed by atoms with Crippen LogP contribution in [0.2, 0.25) is 0 Å². The van der Waals surface area contributed by atoms with E-state index >= 15 is 0 Å². The predicted molar refractivity (Wildman–Crippen MR) is 89.9 cm³/mol. The van der Waals surface area contributed by atoms with E-state index in [4.69, 9.17) is 5.73 Å².